The van der Waals surface area contributed by atoms with Crippen LogP contribution in [0.2, 0.25) is 5.28 Å². The minimum Gasteiger partial charge on any atom is -0.390 e. The molecule has 2 aliphatic rings. The summed E-state index contributed by atoms with van der Waals surface area (Å²) in [5.41, 5.74) is 5.78. The van der Waals surface area contributed by atoms with Gasteiger partial charge in [0.25, 0.3) is 0 Å². The molecule has 0 aromatic carbocycles. The van der Waals surface area contributed by atoms with Crippen LogP contribution in [0.5, 0.6) is 0 Å². The third kappa shape index (κ3) is 5.52. The van der Waals surface area contributed by atoms with E-state index in [1.165, 1.54) is 13.3 Å². The summed E-state index contributed by atoms with van der Waals surface area (Å²) < 4.78 is 26.9. The molecule has 2 heterocycles. The van der Waals surface area contributed by atoms with Crippen molar-refractivity contribution in [2.75, 3.05) is 42.4 Å². The highest BCUT2D eigenvalue weighted by Gasteiger charge is 2.73. The van der Waals surface area contributed by atoms with Crippen molar-refractivity contribution in [2.45, 2.75) is 38.5 Å². The number of hydrogen-bond donors (Lipinski definition) is 3. The van der Waals surface area contributed by atoms with Crippen molar-refractivity contribution in [3.8, 4) is 0 Å². The number of anilines is 1. The van der Waals surface area contributed by atoms with E-state index < -0.39 is 31.3 Å². The molecular weight excluding hydrogens is 537 g/mol. The normalized spacial score (nSPS) is 29.3. The van der Waals surface area contributed by atoms with Crippen LogP contribution < -0.4 is 5.73 Å². The maximum absolute atomic E-state index is 13.7. The molecule has 2 aromatic rings. The van der Waals surface area contributed by atoms with Crippen molar-refractivity contribution in [1.29, 1.82) is 0 Å². The molecule has 0 amide bonds. The SMILES string of the molecule is CCSCCOP(=O)(CC12C[C@@H]1[C@@H](n1cnc3c(N)nc(Cl)nc31)[C@H](O)[C@@H]2O)OCCSC(C)=O. The Kier molecular flexibility index (Phi) is 8.39. The zero-order valence-corrected chi connectivity index (χ0v) is 22.7. The van der Waals surface area contributed by atoms with Crippen LogP contribution >= 0.6 is 42.7 Å². The van der Waals surface area contributed by atoms with Gasteiger partial charge in [0.2, 0.25) is 5.28 Å². The minimum absolute atomic E-state index is 0.0363. The number of carbonyl (C=O) groups excluding carboxylic acids is 1. The molecule has 6 atom stereocenters. The molecule has 0 aliphatic heterocycles. The van der Waals surface area contributed by atoms with Gasteiger partial charge in [-0.2, -0.15) is 21.7 Å². The number of aliphatic hydroxyl groups excluding tert-OH is 2. The maximum atomic E-state index is 13.7. The Balaban J connectivity index is 1.54. The lowest BCUT2D eigenvalue weighted by atomic mass is 10.0. The summed E-state index contributed by atoms with van der Waals surface area (Å²) in [6.07, 6.45) is -0.327. The second-order valence-corrected chi connectivity index (χ2v) is 13.7. The van der Waals surface area contributed by atoms with Gasteiger partial charge in [0.1, 0.15) is 11.6 Å². The van der Waals surface area contributed by atoms with Crippen molar-refractivity contribution >= 4 is 64.8 Å². The predicted octanol–water partition coefficient (Wildman–Crippen LogP) is 2.60. The monoisotopic (exact) mass is 565 g/mol. The molecule has 2 unspecified atom stereocenters. The van der Waals surface area contributed by atoms with Crippen molar-refractivity contribution in [1.82, 2.24) is 19.5 Å². The third-order valence-corrected chi connectivity index (χ3v) is 10.4. The Bertz CT molecular complexity index is 1140. The van der Waals surface area contributed by atoms with E-state index in [9.17, 15) is 19.6 Å². The lowest BCUT2D eigenvalue weighted by molar-refractivity contribution is -0.109. The number of nitrogens with zero attached hydrogens (tertiary/aromatic N) is 4. The molecule has 0 radical (unpaired) electrons. The van der Waals surface area contributed by atoms with E-state index in [1.807, 2.05) is 6.92 Å². The first-order valence-electron chi connectivity index (χ1n) is 11.2. The van der Waals surface area contributed by atoms with Crippen LogP contribution in [0, 0.1) is 11.3 Å². The smallest absolute Gasteiger partial charge is 0.331 e. The Labute approximate surface area is 216 Å². The summed E-state index contributed by atoms with van der Waals surface area (Å²) in [6, 6.07) is -0.572. The van der Waals surface area contributed by atoms with Gasteiger partial charge in [-0.05, 0) is 29.7 Å². The molecule has 0 bridgehead atoms. The van der Waals surface area contributed by atoms with E-state index in [0.29, 0.717) is 29.1 Å². The first-order valence-corrected chi connectivity index (χ1v) is 15.5. The number of thioether (sulfide) groups is 2. The molecule has 15 heteroatoms. The summed E-state index contributed by atoms with van der Waals surface area (Å²) in [7, 11) is -3.62. The van der Waals surface area contributed by atoms with Crippen LogP contribution in [-0.4, -0.2) is 83.7 Å². The standard InChI is InChI=1S/C20H29ClN5O6PS2/c1-3-34-6-4-31-33(30,32-5-7-35-11(2)27)9-20-8-12(20)14(15(28)16(20)29)26-10-23-13-17(22)24-19(21)25-18(13)26/h10,12,14-16,28-29H,3-9H2,1-2H3,(H2,22,24,25)/t12-,14-,15+,16+,20?,33?/m1/s1. The number of aromatic nitrogens is 4. The zero-order valence-electron chi connectivity index (χ0n) is 19.4. The van der Waals surface area contributed by atoms with Gasteiger partial charge in [0.05, 0.1) is 37.8 Å². The molecule has 11 nitrogen and oxygen atoms in total. The molecule has 2 aliphatic carbocycles. The fourth-order valence-electron chi connectivity index (χ4n) is 4.91. The largest absolute Gasteiger partial charge is 0.390 e. The molecule has 35 heavy (non-hydrogen) atoms. The Morgan fingerprint density at radius 1 is 1.34 bits per heavy atom. The van der Waals surface area contributed by atoms with Gasteiger partial charge < -0.3 is 29.6 Å². The first-order chi connectivity index (χ1) is 16.6. The fourth-order valence-corrected chi connectivity index (χ4v) is 8.54. The van der Waals surface area contributed by atoms with Crippen LogP contribution in [0.25, 0.3) is 11.2 Å². The van der Waals surface area contributed by atoms with Gasteiger partial charge >= 0.3 is 7.60 Å². The quantitative estimate of drug-likeness (QED) is 0.196. The van der Waals surface area contributed by atoms with E-state index in [4.69, 9.17) is 26.4 Å². The van der Waals surface area contributed by atoms with Crippen LogP contribution in [-0.2, 0) is 18.4 Å². The Hall–Kier alpha value is -0.920. The average molecular weight is 566 g/mol. The molecule has 2 aromatic heterocycles. The number of rotatable bonds is 12. The van der Waals surface area contributed by atoms with E-state index in [1.54, 1.807) is 16.3 Å². The van der Waals surface area contributed by atoms with Gasteiger partial charge in [0.15, 0.2) is 16.6 Å². The lowest BCUT2D eigenvalue weighted by Gasteiger charge is -2.27. The lowest BCUT2D eigenvalue weighted by Crippen LogP contribution is -2.35. The molecule has 4 rings (SSSR count). The average Bonchev–Trinajstić information content (AvgIpc) is 3.26. The molecule has 0 saturated heterocycles. The summed E-state index contributed by atoms with van der Waals surface area (Å²) in [5, 5.41) is 22.0. The van der Waals surface area contributed by atoms with Crippen molar-refractivity contribution < 1.29 is 28.6 Å². The van der Waals surface area contributed by atoms with Crippen LogP contribution in [0.4, 0.5) is 5.82 Å². The summed E-state index contributed by atoms with van der Waals surface area (Å²) >= 11 is 8.72. The van der Waals surface area contributed by atoms with Gasteiger partial charge in [-0.25, -0.2) is 4.98 Å². The fraction of sp³-hybridized carbons (Fsp3) is 0.700. The summed E-state index contributed by atoms with van der Waals surface area (Å²) in [4.78, 5) is 23.6. The second-order valence-electron chi connectivity index (χ2n) is 8.64. The number of aliphatic hydroxyl groups is 2. The summed E-state index contributed by atoms with van der Waals surface area (Å²) in [5.74, 6) is 1.81. The van der Waals surface area contributed by atoms with Gasteiger partial charge in [-0.1, -0.05) is 18.7 Å². The van der Waals surface area contributed by atoms with Crippen molar-refractivity contribution in [3.05, 3.63) is 11.6 Å². The summed E-state index contributed by atoms with van der Waals surface area (Å²) in [6.45, 7) is 3.79. The highest BCUT2D eigenvalue weighted by molar-refractivity contribution is 8.13. The van der Waals surface area contributed by atoms with Crippen LogP contribution in [0.3, 0.4) is 0 Å². The zero-order chi connectivity index (χ0) is 25.4. The number of hydrogen-bond acceptors (Lipinski definition) is 12. The molecule has 2 fully saturated rings. The van der Waals surface area contributed by atoms with E-state index in [-0.39, 0.29) is 41.5 Å². The van der Waals surface area contributed by atoms with Crippen molar-refractivity contribution in [3.63, 3.8) is 0 Å². The van der Waals surface area contributed by atoms with E-state index >= 15 is 0 Å². The molecule has 4 N–H and O–H groups in total. The number of nitrogens with two attached hydrogens (primary N) is 1. The van der Waals surface area contributed by atoms with Gasteiger partial charge in [-0.3, -0.25) is 9.36 Å². The minimum atomic E-state index is -3.62. The highest BCUT2D eigenvalue weighted by atomic mass is 35.5. The number of fused-ring (bicyclic) bond motifs is 2. The maximum Gasteiger partial charge on any atom is 0.331 e. The first kappa shape index (κ1) is 27.1. The number of halogens is 1. The predicted molar refractivity (Wildman–Crippen MR) is 137 cm³/mol. The molecular formula is C20H29ClN5O6PS2. The topological polar surface area (TPSA) is 163 Å². The second kappa shape index (κ2) is 10.8. The number of imidazole rings is 1. The van der Waals surface area contributed by atoms with E-state index in [2.05, 4.69) is 15.0 Å². The Morgan fingerprint density at radius 2 is 2.06 bits per heavy atom. The van der Waals surface area contributed by atoms with Gasteiger partial charge in [-0.15, -0.1) is 0 Å². The Morgan fingerprint density at radius 3 is 2.74 bits per heavy atom. The van der Waals surface area contributed by atoms with Gasteiger partial charge in [0, 0.05) is 23.8 Å². The molecule has 194 valence electrons. The number of carbonyl (C=O) groups is 1. The van der Waals surface area contributed by atoms with Crippen LogP contribution in [0.15, 0.2) is 6.33 Å². The highest BCUT2D eigenvalue weighted by Crippen LogP contribution is 2.73. The van der Waals surface area contributed by atoms with Crippen LogP contribution in [0.1, 0.15) is 26.3 Å². The molecule has 2 saturated carbocycles. The van der Waals surface area contributed by atoms with Crippen molar-refractivity contribution in [2.24, 2.45) is 11.3 Å². The third-order valence-electron chi connectivity index (χ3n) is 6.48. The number of nitrogen functional groups attached to an aromatic ring is 1. The van der Waals surface area contributed by atoms with E-state index in [0.717, 1.165) is 17.5 Å². The molecule has 0 spiro atoms.